The number of aliphatic hydroxyl groups is 1. The van der Waals surface area contributed by atoms with Crippen molar-refractivity contribution in [1.29, 1.82) is 0 Å². The quantitative estimate of drug-likeness (QED) is 0.890. The standard InChI is InChI=1S/C12H11BrF3NO2/c13-8-1-2-9(7(5-8)6-18)11(3-4-11)17-10(19)12(14,15)16/h1-2,5,18H,3-4,6H2,(H,17,19). The van der Waals surface area contributed by atoms with E-state index in [1.807, 2.05) is 5.32 Å². The third kappa shape index (κ3) is 2.92. The second kappa shape index (κ2) is 4.79. The van der Waals surface area contributed by atoms with Crippen molar-refractivity contribution < 1.29 is 23.1 Å². The fourth-order valence-corrected chi connectivity index (χ4v) is 2.44. The molecule has 19 heavy (non-hydrogen) atoms. The fourth-order valence-electron chi connectivity index (χ4n) is 2.03. The van der Waals surface area contributed by atoms with E-state index >= 15 is 0 Å². The number of benzene rings is 1. The van der Waals surface area contributed by atoms with Crippen LogP contribution in [0.25, 0.3) is 0 Å². The molecule has 1 saturated carbocycles. The van der Waals surface area contributed by atoms with Gasteiger partial charge in [-0.25, -0.2) is 0 Å². The van der Waals surface area contributed by atoms with E-state index < -0.39 is 17.6 Å². The van der Waals surface area contributed by atoms with Gasteiger partial charge in [-0.2, -0.15) is 13.2 Å². The highest BCUT2D eigenvalue weighted by Gasteiger charge is 2.51. The van der Waals surface area contributed by atoms with Crippen molar-refractivity contribution in [1.82, 2.24) is 5.32 Å². The maximum Gasteiger partial charge on any atom is 0.471 e. The zero-order chi connectivity index (χ0) is 14.3. The van der Waals surface area contributed by atoms with E-state index in [0.29, 0.717) is 24.0 Å². The van der Waals surface area contributed by atoms with Gasteiger partial charge in [-0.1, -0.05) is 22.0 Å². The number of rotatable bonds is 3. The van der Waals surface area contributed by atoms with Crippen LogP contribution >= 0.6 is 15.9 Å². The SMILES string of the molecule is O=C(NC1(c2ccc(Br)cc2CO)CC1)C(F)(F)F. The van der Waals surface area contributed by atoms with E-state index in [9.17, 15) is 23.1 Å². The first-order valence-electron chi connectivity index (χ1n) is 5.57. The molecule has 0 bridgehead atoms. The van der Waals surface area contributed by atoms with Crippen LogP contribution in [-0.2, 0) is 16.9 Å². The van der Waals surface area contributed by atoms with Crippen LogP contribution in [0.15, 0.2) is 22.7 Å². The third-order valence-electron chi connectivity index (χ3n) is 3.11. The predicted molar refractivity (Wildman–Crippen MR) is 65.2 cm³/mol. The molecule has 0 aliphatic heterocycles. The Kier molecular flexibility index (Phi) is 3.61. The Morgan fingerprint density at radius 3 is 2.53 bits per heavy atom. The highest BCUT2D eigenvalue weighted by Crippen LogP contribution is 2.47. The number of halogens is 4. The average molecular weight is 338 g/mol. The second-order valence-corrected chi connectivity index (χ2v) is 5.41. The summed E-state index contributed by atoms with van der Waals surface area (Å²) >= 11 is 3.23. The molecule has 1 aliphatic carbocycles. The summed E-state index contributed by atoms with van der Waals surface area (Å²) in [7, 11) is 0. The molecular weight excluding hydrogens is 327 g/mol. The molecule has 0 aromatic heterocycles. The van der Waals surface area contributed by atoms with Gasteiger partial charge in [-0.15, -0.1) is 0 Å². The molecule has 7 heteroatoms. The van der Waals surface area contributed by atoms with Gasteiger partial charge in [-0.05, 0) is 36.1 Å². The molecule has 1 amide bonds. The number of nitrogens with one attached hydrogen (secondary N) is 1. The number of carbonyl (C=O) groups is 1. The zero-order valence-corrected chi connectivity index (χ0v) is 11.3. The Balaban J connectivity index is 2.29. The fraction of sp³-hybridized carbons (Fsp3) is 0.417. The van der Waals surface area contributed by atoms with Gasteiger partial charge in [0.15, 0.2) is 0 Å². The van der Waals surface area contributed by atoms with Crippen molar-refractivity contribution in [3.05, 3.63) is 33.8 Å². The first-order valence-corrected chi connectivity index (χ1v) is 6.37. The molecular formula is C12H11BrF3NO2. The van der Waals surface area contributed by atoms with Crippen molar-refractivity contribution in [3.63, 3.8) is 0 Å². The minimum absolute atomic E-state index is 0.293. The molecule has 0 radical (unpaired) electrons. The van der Waals surface area contributed by atoms with Crippen LogP contribution in [0, 0.1) is 0 Å². The number of alkyl halides is 3. The maximum absolute atomic E-state index is 12.3. The monoisotopic (exact) mass is 337 g/mol. The summed E-state index contributed by atoms with van der Waals surface area (Å²) in [5.74, 6) is -1.95. The smallest absolute Gasteiger partial charge is 0.392 e. The van der Waals surface area contributed by atoms with Gasteiger partial charge in [0.2, 0.25) is 0 Å². The summed E-state index contributed by atoms with van der Waals surface area (Å²) in [5.41, 5.74) is 0.0518. The molecule has 104 valence electrons. The maximum atomic E-state index is 12.3. The molecule has 0 unspecified atom stereocenters. The number of hydrogen-bond donors (Lipinski definition) is 2. The summed E-state index contributed by atoms with van der Waals surface area (Å²) in [5, 5.41) is 11.3. The van der Waals surface area contributed by atoms with Crippen LogP contribution in [0.2, 0.25) is 0 Å². The minimum atomic E-state index is -4.90. The third-order valence-corrected chi connectivity index (χ3v) is 3.61. The first kappa shape index (κ1) is 14.3. The molecule has 2 rings (SSSR count). The van der Waals surface area contributed by atoms with E-state index in [0.717, 1.165) is 4.47 Å². The van der Waals surface area contributed by atoms with Crippen molar-refractivity contribution in [2.45, 2.75) is 31.2 Å². The van der Waals surface area contributed by atoms with Gasteiger partial charge >= 0.3 is 12.1 Å². The molecule has 3 nitrogen and oxygen atoms in total. The van der Waals surface area contributed by atoms with E-state index in [1.165, 1.54) is 0 Å². The zero-order valence-electron chi connectivity index (χ0n) is 9.72. The van der Waals surface area contributed by atoms with Gasteiger partial charge in [0.1, 0.15) is 0 Å². The first-order chi connectivity index (χ1) is 8.78. The highest BCUT2D eigenvalue weighted by molar-refractivity contribution is 9.10. The molecule has 1 fully saturated rings. The summed E-state index contributed by atoms with van der Waals surface area (Å²) < 4.78 is 37.6. The number of hydrogen-bond acceptors (Lipinski definition) is 2. The Bertz CT molecular complexity index is 512. The Morgan fingerprint density at radius 1 is 1.42 bits per heavy atom. The van der Waals surface area contributed by atoms with Crippen LogP contribution in [0.4, 0.5) is 13.2 Å². The Morgan fingerprint density at radius 2 is 2.05 bits per heavy atom. The van der Waals surface area contributed by atoms with Gasteiger partial charge < -0.3 is 10.4 Å². The average Bonchev–Trinajstić information content (AvgIpc) is 3.08. The molecule has 1 aromatic rings. The molecule has 2 N–H and O–H groups in total. The molecule has 1 aromatic carbocycles. The van der Waals surface area contributed by atoms with Crippen molar-refractivity contribution in [2.75, 3.05) is 0 Å². The van der Waals surface area contributed by atoms with Gasteiger partial charge in [0.05, 0.1) is 12.1 Å². The normalized spacial score (nSPS) is 17.1. The number of carbonyl (C=O) groups excluding carboxylic acids is 1. The van der Waals surface area contributed by atoms with E-state index in [4.69, 9.17) is 0 Å². The summed E-state index contributed by atoms with van der Waals surface area (Å²) in [6.45, 7) is -0.293. The predicted octanol–water partition coefficient (Wildman–Crippen LogP) is 2.61. The lowest BCUT2D eigenvalue weighted by atomic mass is 9.98. The van der Waals surface area contributed by atoms with Crippen LogP contribution < -0.4 is 5.32 Å². The van der Waals surface area contributed by atoms with Crippen LogP contribution in [0.1, 0.15) is 24.0 Å². The van der Waals surface area contributed by atoms with Crippen molar-refractivity contribution in [3.8, 4) is 0 Å². The van der Waals surface area contributed by atoms with Gasteiger partial charge in [0, 0.05) is 4.47 Å². The van der Waals surface area contributed by atoms with Crippen molar-refractivity contribution in [2.24, 2.45) is 0 Å². The summed E-state index contributed by atoms with van der Waals surface area (Å²) in [6.07, 6.45) is -4.03. The summed E-state index contributed by atoms with van der Waals surface area (Å²) in [4.78, 5) is 11.1. The number of amides is 1. The molecule has 1 aliphatic rings. The van der Waals surface area contributed by atoms with E-state index in [1.54, 1.807) is 18.2 Å². The summed E-state index contributed by atoms with van der Waals surface area (Å²) in [6, 6.07) is 4.93. The molecule has 0 saturated heterocycles. The van der Waals surface area contributed by atoms with Crippen LogP contribution in [-0.4, -0.2) is 17.2 Å². The molecule has 0 heterocycles. The Hall–Kier alpha value is -1.08. The van der Waals surface area contributed by atoms with Gasteiger partial charge in [0.25, 0.3) is 0 Å². The minimum Gasteiger partial charge on any atom is -0.392 e. The van der Waals surface area contributed by atoms with Crippen LogP contribution in [0.3, 0.4) is 0 Å². The highest BCUT2D eigenvalue weighted by atomic mass is 79.9. The van der Waals surface area contributed by atoms with Gasteiger partial charge in [-0.3, -0.25) is 4.79 Å². The number of aliphatic hydroxyl groups excluding tert-OH is 1. The van der Waals surface area contributed by atoms with Crippen molar-refractivity contribution >= 4 is 21.8 Å². The van der Waals surface area contributed by atoms with E-state index in [2.05, 4.69) is 15.9 Å². The Labute approximate surface area is 115 Å². The van der Waals surface area contributed by atoms with Crippen LogP contribution in [0.5, 0.6) is 0 Å². The van der Waals surface area contributed by atoms with E-state index in [-0.39, 0.29) is 6.61 Å². The largest absolute Gasteiger partial charge is 0.471 e. The molecule has 0 spiro atoms. The molecule has 0 atom stereocenters. The lowest BCUT2D eigenvalue weighted by molar-refractivity contribution is -0.174. The lowest BCUT2D eigenvalue weighted by Gasteiger charge is -2.21. The lowest BCUT2D eigenvalue weighted by Crippen LogP contribution is -2.43. The second-order valence-electron chi connectivity index (χ2n) is 4.49. The topological polar surface area (TPSA) is 49.3 Å².